The Morgan fingerprint density at radius 1 is 0.850 bits per heavy atom. The first-order valence-electron chi connectivity index (χ1n) is 5.99. The quantitative estimate of drug-likeness (QED) is 0.828. The predicted molar refractivity (Wildman–Crippen MR) is 75.3 cm³/mol. The molecule has 0 unspecified atom stereocenters. The lowest BCUT2D eigenvalue weighted by Crippen LogP contribution is -2.29. The molecule has 2 rings (SSSR count). The van der Waals surface area contributed by atoms with Crippen LogP contribution >= 0.6 is 0 Å². The van der Waals surface area contributed by atoms with Crippen molar-refractivity contribution < 1.29 is 18.1 Å². The van der Waals surface area contributed by atoms with E-state index in [0.29, 0.717) is 5.56 Å². The van der Waals surface area contributed by atoms with Crippen molar-refractivity contribution in [2.75, 3.05) is 0 Å². The van der Waals surface area contributed by atoms with E-state index < -0.39 is 10.3 Å². The van der Waals surface area contributed by atoms with Crippen molar-refractivity contribution in [2.24, 2.45) is 0 Å². The van der Waals surface area contributed by atoms with Crippen molar-refractivity contribution in [1.29, 1.82) is 0 Å². The van der Waals surface area contributed by atoms with Gasteiger partial charge >= 0.3 is 10.3 Å². The number of nitrogens with zero attached hydrogens (tertiary/aromatic N) is 1. The standard InChI is InChI=1S/C14H15NO4S/c16-14-8-6-13(7-9-14)11-15(20(17,18)19)10-12-4-2-1-3-5-12/h1-9,16H,10-11H2,(H,17,18,19). The second-order valence-corrected chi connectivity index (χ2v) is 5.81. The molecule has 0 saturated heterocycles. The maximum absolute atomic E-state index is 11.4. The molecule has 0 radical (unpaired) electrons. The average molecular weight is 293 g/mol. The summed E-state index contributed by atoms with van der Waals surface area (Å²) >= 11 is 0. The van der Waals surface area contributed by atoms with Gasteiger partial charge in [0, 0.05) is 13.1 Å². The Labute approximate surface area is 118 Å². The van der Waals surface area contributed by atoms with Gasteiger partial charge in [0.1, 0.15) is 5.75 Å². The van der Waals surface area contributed by atoms with Gasteiger partial charge in [-0.3, -0.25) is 4.55 Å². The second kappa shape index (κ2) is 6.04. The summed E-state index contributed by atoms with van der Waals surface area (Å²) in [7, 11) is -4.30. The maximum Gasteiger partial charge on any atom is 0.336 e. The maximum atomic E-state index is 11.4. The topological polar surface area (TPSA) is 77.8 Å². The molecule has 0 aliphatic heterocycles. The fourth-order valence-corrected chi connectivity index (χ4v) is 2.44. The Kier molecular flexibility index (Phi) is 4.39. The fraction of sp³-hybridized carbons (Fsp3) is 0.143. The minimum Gasteiger partial charge on any atom is -0.508 e. The predicted octanol–water partition coefficient (Wildman–Crippen LogP) is 2.20. The van der Waals surface area contributed by atoms with E-state index in [4.69, 9.17) is 0 Å². The first-order valence-corrected chi connectivity index (χ1v) is 7.39. The van der Waals surface area contributed by atoms with E-state index in [1.165, 1.54) is 12.1 Å². The summed E-state index contributed by atoms with van der Waals surface area (Å²) in [5.74, 6) is 0.107. The van der Waals surface area contributed by atoms with Gasteiger partial charge in [0.25, 0.3) is 0 Å². The van der Waals surface area contributed by atoms with Crippen molar-refractivity contribution >= 4 is 10.3 Å². The van der Waals surface area contributed by atoms with Gasteiger partial charge in [-0.25, -0.2) is 0 Å². The molecular formula is C14H15NO4S. The summed E-state index contributed by atoms with van der Waals surface area (Å²) in [6.45, 7) is 0.120. The van der Waals surface area contributed by atoms with Crippen LogP contribution in [0.5, 0.6) is 5.75 Å². The van der Waals surface area contributed by atoms with Gasteiger partial charge < -0.3 is 5.11 Å². The molecule has 0 aromatic heterocycles. The van der Waals surface area contributed by atoms with Gasteiger partial charge in [0.05, 0.1) is 0 Å². The lowest BCUT2D eigenvalue weighted by molar-refractivity contribution is 0.341. The van der Waals surface area contributed by atoms with Crippen LogP contribution < -0.4 is 0 Å². The Bertz CT molecular complexity index is 653. The van der Waals surface area contributed by atoms with E-state index in [0.717, 1.165) is 9.87 Å². The minimum atomic E-state index is -4.30. The van der Waals surface area contributed by atoms with Crippen LogP contribution in [0.15, 0.2) is 54.6 Å². The number of aromatic hydroxyl groups is 1. The zero-order valence-corrected chi connectivity index (χ0v) is 11.5. The Morgan fingerprint density at radius 3 is 1.85 bits per heavy atom. The first kappa shape index (κ1) is 14.5. The molecular weight excluding hydrogens is 278 g/mol. The molecule has 0 spiro atoms. The number of hydrogen-bond donors (Lipinski definition) is 2. The average Bonchev–Trinajstić information content (AvgIpc) is 2.40. The van der Waals surface area contributed by atoms with E-state index in [-0.39, 0.29) is 18.8 Å². The molecule has 106 valence electrons. The largest absolute Gasteiger partial charge is 0.508 e. The van der Waals surface area contributed by atoms with Crippen molar-refractivity contribution in [2.45, 2.75) is 13.1 Å². The highest BCUT2D eigenvalue weighted by Crippen LogP contribution is 2.15. The van der Waals surface area contributed by atoms with Crippen LogP contribution in [0.1, 0.15) is 11.1 Å². The highest BCUT2D eigenvalue weighted by molar-refractivity contribution is 7.83. The molecule has 2 N–H and O–H groups in total. The molecule has 0 saturated carbocycles. The third-order valence-electron chi connectivity index (χ3n) is 2.82. The highest BCUT2D eigenvalue weighted by Gasteiger charge is 2.19. The molecule has 0 heterocycles. The molecule has 2 aromatic rings. The number of phenolic OH excluding ortho intramolecular Hbond substituents is 1. The van der Waals surface area contributed by atoms with Crippen LogP contribution in [-0.4, -0.2) is 22.4 Å². The zero-order chi connectivity index (χ0) is 14.6. The summed E-state index contributed by atoms with van der Waals surface area (Å²) in [5, 5.41) is 9.20. The van der Waals surface area contributed by atoms with Crippen molar-refractivity contribution in [3.63, 3.8) is 0 Å². The fourth-order valence-electron chi connectivity index (χ4n) is 1.81. The molecule has 0 bridgehead atoms. The van der Waals surface area contributed by atoms with E-state index in [1.807, 2.05) is 6.07 Å². The number of rotatable bonds is 5. The van der Waals surface area contributed by atoms with E-state index in [1.54, 1.807) is 36.4 Å². The van der Waals surface area contributed by atoms with Gasteiger partial charge in [-0.1, -0.05) is 42.5 Å². The monoisotopic (exact) mass is 293 g/mol. The number of benzene rings is 2. The molecule has 0 atom stereocenters. The van der Waals surface area contributed by atoms with E-state index in [9.17, 15) is 18.1 Å². The Hall–Kier alpha value is -1.89. The van der Waals surface area contributed by atoms with Gasteiger partial charge in [0.2, 0.25) is 0 Å². The minimum absolute atomic E-state index is 0.0357. The number of hydrogen-bond acceptors (Lipinski definition) is 3. The van der Waals surface area contributed by atoms with Gasteiger partial charge in [-0.2, -0.15) is 12.7 Å². The summed E-state index contributed by atoms with van der Waals surface area (Å²) < 4.78 is 33.1. The molecule has 0 aliphatic carbocycles. The lowest BCUT2D eigenvalue weighted by Gasteiger charge is -2.18. The first-order chi connectivity index (χ1) is 9.45. The van der Waals surface area contributed by atoms with Crippen molar-refractivity contribution in [1.82, 2.24) is 4.31 Å². The van der Waals surface area contributed by atoms with E-state index in [2.05, 4.69) is 0 Å². The van der Waals surface area contributed by atoms with Crippen LogP contribution in [0.4, 0.5) is 0 Å². The number of phenols is 1. The van der Waals surface area contributed by atoms with Crippen LogP contribution in [0.2, 0.25) is 0 Å². The second-order valence-electron chi connectivity index (χ2n) is 4.40. The molecule has 20 heavy (non-hydrogen) atoms. The summed E-state index contributed by atoms with van der Waals surface area (Å²) in [5.41, 5.74) is 1.46. The normalized spacial score (nSPS) is 11.7. The summed E-state index contributed by atoms with van der Waals surface area (Å²) in [6, 6.07) is 15.2. The molecule has 0 amide bonds. The SMILES string of the molecule is O=S(=O)(O)N(Cc1ccccc1)Cc1ccc(O)cc1. The molecule has 2 aromatic carbocycles. The van der Waals surface area contributed by atoms with Gasteiger partial charge in [0.15, 0.2) is 0 Å². The third kappa shape index (κ3) is 4.06. The highest BCUT2D eigenvalue weighted by atomic mass is 32.2. The van der Waals surface area contributed by atoms with Gasteiger partial charge in [-0.05, 0) is 23.3 Å². The molecule has 5 nitrogen and oxygen atoms in total. The van der Waals surface area contributed by atoms with Crippen molar-refractivity contribution in [3.8, 4) is 5.75 Å². The zero-order valence-electron chi connectivity index (χ0n) is 10.7. The molecule has 0 aliphatic rings. The van der Waals surface area contributed by atoms with Gasteiger partial charge in [-0.15, -0.1) is 0 Å². The van der Waals surface area contributed by atoms with Crippen molar-refractivity contribution in [3.05, 3.63) is 65.7 Å². The summed E-state index contributed by atoms with van der Waals surface area (Å²) in [4.78, 5) is 0. The third-order valence-corrected chi connectivity index (χ3v) is 3.73. The molecule has 6 heteroatoms. The lowest BCUT2D eigenvalue weighted by atomic mass is 10.2. The molecule has 0 fully saturated rings. The summed E-state index contributed by atoms with van der Waals surface area (Å²) in [6.07, 6.45) is 0. The van der Waals surface area contributed by atoms with Crippen LogP contribution in [0, 0.1) is 0 Å². The van der Waals surface area contributed by atoms with Crippen LogP contribution in [0.25, 0.3) is 0 Å². The van der Waals surface area contributed by atoms with Crippen LogP contribution in [0.3, 0.4) is 0 Å². The van der Waals surface area contributed by atoms with E-state index >= 15 is 0 Å². The Morgan fingerprint density at radius 2 is 1.35 bits per heavy atom. The Balaban J connectivity index is 2.19. The van der Waals surface area contributed by atoms with Crippen LogP contribution in [-0.2, 0) is 23.4 Å². The smallest absolute Gasteiger partial charge is 0.336 e.